The highest BCUT2D eigenvalue weighted by Gasteiger charge is 2.46. The first-order valence-electron chi connectivity index (χ1n) is 40.4. The lowest BCUT2D eigenvalue weighted by Crippen LogP contribution is -2.28. The average molecular weight is 1520 g/mol. The van der Waals surface area contributed by atoms with E-state index in [-0.39, 0.29) is 17.0 Å². The summed E-state index contributed by atoms with van der Waals surface area (Å²) >= 11 is 0. The van der Waals surface area contributed by atoms with E-state index in [1.165, 1.54) is 129 Å². The van der Waals surface area contributed by atoms with Crippen LogP contribution in [-0.4, -0.2) is 9.13 Å². The lowest BCUT2D eigenvalue weighted by molar-refractivity contribution is 0.627. The predicted molar refractivity (Wildman–Crippen MR) is 487 cm³/mol. The van der Waals surface area contributed by atoms with Gasteiger partial charge < -0.3 is 18.9 Å². The highest BCUT2D eigenvalue weighted by atomic mass is 19.1. The van der Waals surface area contributed by atoms with Crippen LogP contribution in [0.25, 0.3) is 122 Å². The Morgan fingerprint density at radius 2 is 0.500 bits per heavy atom. The number of para-hydroxylation sites is 4. The van der Waals surface area contributed by atoms with E-state index in [0.717, 1.165) is 84.4 Å². The molecule has 18 aromatic carbocycles. The van der Waals surface area contributed by atoms with Crippen LogP contribution < -0.4 is 9.80 Å². The molecule has 0 spiro atoms. The van der Waals surface area contributed by atoms with Crippen molar-refractivity contribution in [1.82, 2.24) is 9.13 Å². The van der Waals surface area contributed by atoms with Crippen molar-refractivity contribution in [2.75, 3.05) is 9.80 Å². The van der Waals surface area contributed by atoms with Crippen LogP contribution in [0.1, 0.15) is 47.2 Å². The maximum Gasteiger partial charge on any atom is 0.123 e. The van der Waals surface area contributed by atoms with E-state index in [2.05, 4.69) is 421 Å². The minimum Gasteiger partial charge on any atom is -0.310 e. The van der Waals surface area contributed by atoms with Crippen molar-refractivity contribution in [2.45, 2.75) is 24.7 Å². The zero-order valence-corrected chi connectivity index (χ0v) is 65.1. The first kappa shape index (κ1) is 70.9. The Kier molecular flexibility index (Phi) is 17.5. The van der Waals surface area contributed by atoms with Gasteiger partial charge in [-0.25, -0.2) is 8.78 Å². The van der Waals surface area contributed by atoms with Gasteiger partial charge in [-0.3, -0.25) is 0 Å². The van der Waals surface area contributed by atoms with Crippen LogP contribution >= 0.6 is 0 Å². The standard InChI is InChI=1S/C61H41FN2.C51H37FN2/c62-48-31-24-42(25-32-48)43-26-33-50(34-27-43)63(51-35-28-44(29-36-51)45-30-38-56-55-21-11-13-23-59(55)64(60(56)40-45)49-18-8-3-9-19-49)52-37-39-54-53-20-10-12-22-57(53)61(58(54)41-52,46-14-4-1-5-15-46)47-16-6-2-7-17-47;1-51(2)47-14-8-6-12-43(47)44-31-29-42(33-48(44)51)53(40-25-18-35(19-26-40)34-16-23-38(52)24-17-34)41-27-20-36(21-28-41)37-22-30-46-45-13-7-9-15-49(45)54(50(46)32-37)39-10-4-3-5-11-39/h1-41H;3-33H,1-2H3. The van der Waals surface area contributed by atoms with E-state index in [1.54, 1.807) is 0 Å². The van der Waals surface area contributed by atoms with Crippen LogP contribution in [0, 0.1) is 11.6 Å². The van der Waals surface area contributed by atoms with Gasteiger partial charge >= 0.3 is 0 Å². The molecule has 2 aliphatic carbocycles. The molecule has 0 saturated heterocycles. The Morgan fingerprint density at radius 1 is 0.212 bits per heavy atom. The van der Waals surface area contributed by atoms with Crippen LogP contribution in [0.15, 0.2) is 437 Å². The minimum absolute atomic E-state index is 0.120. The predicted octanol–water partition coefficient (Wildman–Crippen LogP) is 30.1. The molecule has 0 fully saturated rings. The lowest BCUT2D eigenvalue weighted by Gasteiger charge is -2.35. The van der Waals surface area contributed by atoms with E-state index in [1.807, 2.05) is 24.3 Å². The molecule has 0 amide bonds. The summed E-state index contributed by atoms with van der Waals surface area (Å²) in [6.07, 6.45) is 0. The first-order valence-corrected chi connectivity index (χ1v) is 40.4. The van der Waals surface area contributed by atoms with Crippen molar-refractivity contribution in [2.24, 2.45) is 0 Å². The topological polar surface area (TPSA) is 16.3 Å². The molecule has 0 atom stereocenters. The summed E-state index contributed by atoms with van der Waals surface area (Å²) in [4.78, 5) is 4.70. The largest absolute Gasteiger partial charge is 0.310 e. The average Bonchev–Trinajstić information content (AvgIpc) is 1.52. The molecule has 0 unspecified atom stereocenters. The summed E-state index contributed by atoms with van der Waals surface area (Å²) in [5.41, 5.74) is 34.1. The molecule has 2 aliphatic rings. The number of rotatable bonds is 14. The highest BCUT2D eigenvalue weighted by Crippen LogP contribution is 2.58. The SMILES string of the molecule is CC1(C)c2ccccc2-c2ccc(N(c3ccc(-c4ccc(F)cc4)cc3)c3ccc(-c4ccc5c6ccccc6n(-c6ccccc6)c5c4)cc3)cc21.Fc1ccc(-c2ccc(N(c3ccc(-c4ccc5c6ccccc6n(-c6ccccc6)c5c4)cc3)c3ccc4c(c3)C(c3ccccc3)(c3ccccc3)c3ccccc3-4)cc2)cc1. The van der Waals surface area contributed by atoms with E-state index < -0.39 is 5.41 Å². The minimum atomic E-state index is -0.534. The number of nitrogens with zero attached hydrogens (tertiary/aromatic N) is 4. The third-order valence-corrected chi connectivity index (χ3v) is 24.4. The normalized spacial score (nSPS) is 12.7. The second kappa shape index (κ2) is 29.1. The molecule has 0 saturated carbocycles. The molecule has 0 N–H and O–H groups in total. The lowest BCUT2D eigenvalue weighted by atomic mass is 9.67. The van der Waals surface area contributed by atoms with Gasteiger partial charge in [0.15, 0.2) is 0 Å². The van der Waals surface area contributed by atoms with E-state index in [0.29, 0.717) is 0 Å². The van der Waals surface area contributed by atoms with Gasteiger partial charge in [0, 0.05) is 72.5 Å². The monoisotopic (exact) mass is 1520 g/mol. The van der Waals surface area contributed by atoms with Crippen molar-refractivity contribution in [3.63, 3.8) is 0 Å². The number of halogens is 2. The Labute approximate surface area is 685 Å². The molecule has 560 valence electrons. The fourth-order valence-electron chi connectivity index (χ4n) is 18.8. The zero-order chi connectivity index (χ0) is 79.0. The molecule has 4 nitrogen and oxygen atoms in total. The third kappa shape index (κ3) is 12.1. The Morgan fingerprint density at radius 3 is 0.915 bits per heavy atom. The van der Waals surface area contributed by atoms with Crippen LogP contribution in [0.2, 0.25) is 0 Å². The molecular formula is C112H78F2N4. The van der Waals surface area contributed by atoms with Gasteiger partial charge in [-0.15, -0.1) is 0 Å². The van der Waals surface area contributed by atoms with Crippen molar-refractivity contribution in [3.8, 4) is 78.1 Å². The number of fused-ring (bicyclic) bond motifs is 12. The van der Waals surface area contributed by atoms with Crippen molar-refractivity contribution < 1.29 is 8.78 Å². The van der Waals surface area contributed by atoms with Crippen LogP contribution in [0.3, 0.4) is 0 Å². The number of anilines is 6. The molecule has 118 heavy (non-hydrogen) atoms. The Bertz CT molecular complexity index is 7120. The summed E-state index contributed by atoms with van der Waals surface area (Å²) in [5.74, 6) is -0.473. The first-order chi connectivity index (χ1) is 58.1. The molecule has 6 heteroatoms. The van der Waals surface area contributed by atoms with Gasteiger partial charge in [0.2, 0.25) is 0 Å². The summed E-state index contributed by atoms with van der Waals surface area (Å²) in [6.45, 7) is 4.65. The van der Waals surface area contributed by atoms with Gasteiger partial charge in [-0.1, -0.05) is 305 Å². The molecule has 2 heterocycles. The molecule has 0 radical (unpaired) electrons. The summed E-state index contributed by atoms with van der Waals surface area (Å²) < 4.78 is 32.4. The van der Waals surface area contributed by atoms with Crippen molar-refractivity contribution >= 4 is 77.7 Å². The van der Waals surface area contributed by atoms with Crippen molar-refractivity contribution in [3.05, 3.63) is 482 Å². The molecule has 22 rings (SSSR count). The van der Waals surface area contributed by atoms with Gasteiger partial charge in [-0.05, 0) is 246 Å². The van der Waals surface area contributed by atoms with Crippen LogP contribution in [0.5, 0.6) is 0 Å². The maximum atomic E-state index is 13.9. The number of benzene rings is 18. The molecule has 0 bridgehead atoms. The van der Waals surface area contributed by atoms with Crippen LogP contribution in [0.4, 0.5) is 42.9 Å². The van der Waals surface area contributed by atoms with E-state index in [9.17, 15) is 8.78 Å². The second-order valence-electron chi connectivity index (χ2n) is 31.4. The summed E-state index contributed by atoms with van der Waals surface area (Å²) in [6, 6.07) is 154. The highest BCUT2D eigenvalue weighted by molar-refractivity contribution is 6.12. The summed E-state index contributed by atoms with van der Waals surface area (Å²) in [5, 5.41) is 4.97. The smallest absolute Gasteiger partial charge is 0.123 e. The molecule has 20 aromatic rings. The Balaban J connectivity index is 0.000000149. The fourth-order valence-corrected chi connectivity index (χ4v) is 18.8. The van der Waals surface area contributed by atoms with Gasteiger partial charge in [-0.2, -0.15) is 0 Å². The van der Waals surface area contributed by atoms with Crippen LogP contribution in [-0.2, 0) is 10.8 Å². The van der Waals surface area contributed by atoms with E-state index >= 15 is 0 Å². The molecule has 0 aliphatic heterocycles. The Hall–Kier alpha value is -15.0. The van der Waals surface area contributed by atoms with Gasteiger partial charge in [0.05, 0.1) is 27.5 Å². The van der Waals surface area contributed by atoms with Crippen molar-refractivity contribution in [1.29, 1.82) is 0 Å². The second-order valence-corrected chi connectivity index (χ2v) is 31.4. The third-order valence-electron chi connectivity index (χ3n) is 24.4. The molecular weight excluding hydrogens is 1440 g/mol. The summed E-state index contributed by atoms with van der Waals surface area (Å²) in [7, 11) is 0. The van der Waals surface area contributed by atoms with Gasteiger partial charge in [0.1, 0.15) is 11.6 Å². The number of hydrogen-bond donors (Lipinski definition) is 0. The number of hydrogen-bond acceptors (Lipinski definition) is 2. The molecule has 2 aromatic heterocycles. The number of aromatic nitrogens is 2. The quantitative estimate of drug-likeness (QED) is 0.108. The fraction of sp³-hybridized carbons (Fsp3) is 0.0357. The maximum absolute atomic E-state index is 13.9. The van der Waals surface area contributed by atoms with E-state index in [4.69, 9.17) is 0 Å². The zero-order valence-electron chi connectivity index (χ0n) is 65.1. The van der Waals surface area contributed by atoms with Gasteiger partial charge in [0.25, 0.3) is 0 Å².